The smallest absolute Gasteiger partial charge is 0.193 e. The van der Waals surface area contributed by atoms with Crippen LogP contribution >= 0.6 is 24.0 Å². The molecule has 136 valence electrons. The van der Waals surface area contributed by atoms with Crippen LogP contribution in [0.25, 0.3) is 0 Å². The minimum absolute atomic E-state index is 0. The zero-order chi connectivity index (χ0) is 16.8. The Morgan fingerprint density at radius 3 is 2.56 bits per heavy atom. The van der Waals surface area contributed by atoms with Crippen molar-refractivity contribution in [3.63, 3.8) is 0 Å². The number of benzene rings is 1. The molecule has 1 aliphatic rings. The zero-order valence-electron chi connectivity index (χ0n) is 14.6. The summed E-state index contributed by atoms with van der Waals surface area (Å²) in [7, 11) is 0. The molecule has 5 nitrogen and oxygen atoms in total. The summed E-state index contributed by atoms with van der Waals surface area (Å²) in [5, 5.41) is 3.16. The largest absolute Gasteiger partial charge is 0.468 e. The number of aliphatic imine (C=N–C) groups is 1. The summed E-state index contributed by atoms with van der Waals surface area (Å²) in [4.78, 5) is 6.97. The summed E-state index contributed by atoms with van der Waals surface area (Å²) < 4.78 is 5.61. The molecule has 25 heavy (non-hydrogen) atoms. The van der Waals surface area contributed by atoms with Gasteiger partial charge in [0.05, 0.1) is 18.8 Å². The van der Waals surface area contributed by atoms with Crippen molar-refractivity contribution in [2.24, 2.45) is 10.7 Å². The van der Waals surface area contributed by atoms with E-state index in [1.807, 2.05) is 24.3 Å². The van der Waals surface area contributed by atoms with E-state index in [1.165, 1.54) is 18.4 Å². The fourth-order valence-corrected chi connectivity index (χ4v) is 3.12. The number of rotatable bonds is 6. The molecule has 1 aliphatic heterocycles. The van der Waals surface area contributed by atoms with Crippen LogP contribution in [0.5, 0.6) is 0 Å². The third kappa shape index (κ3) is 5.47. The number of likely N-dealkylation sites (tertiary alicyclic amines) is 1. The maximum absolute atomic E-state index is 6.07. The van der Waals surface area contributed by atoms with Gasteiger partial charge in [-0.05, 0) is 62.2 Å². The molecule has 6 heteroatoms. The van der Waals surface area contributed by atoms with Crippen LogP contribution < -0.4 is 11.1 Å². The van der Waals surface area contributed by atoms with Crippen LogP contribution in [0.1, 0.15) is 37.1 Å². The van der Waals surface area contributed by atoms with Gasteiger partial charge < -0.3 is 15.5 Å². The van der Waals surface area contributed by atoms with Crippen molar-refractivity contribution in [3.8, 4) is 0 Å². The van der Waals surface area contributed by atoms with Crippen molar-refractivity contribution in [1.82, 2.24) is 4.90 Å². The van der Waals surface area contributed by atoms with Crippen LogP contribution in [-0.2, 0) is 6.42 Å². The van der Waals surface area contributed by atoms with Gasteiger partial charge in [-0.3, -0.25) is 9.89 Å². The fraction of sp³-hybridized carbons (Fsp3) is 0.421. The Kier molecular flexibility index (Phi) is 7.77. The summed E-state index contributed by atoms with van der Waals surface area (Å²) >= 11 is 0. The lowest BCUT2D eigenvalue weighted by Crippen LogP contribution is -2.30. The first kappa shape index (κ1) is 19.8. The third-order valence-corrected chi connectivity index (χ3v) is 4.52. The van der Waals surface area contributed by atoms with Gasteiger partial charge in [-0.25, -0.2) is 0 Å². The standard InChI is InChI=1S/C19H26N4O.HI/c1-2-15-7-9-16(10-8-15)22-19(20)21-14-17(18-6-5-13-24-18)23-11-3-4-12-23;/h5-10,13,17H,2-4,11-12,14H2,1H3,(H3,20,21,22);1H. The number of nitrogens with two attached hydrogens (primary N) is 1. The molecule has 1 unspecified atom stereocenters. The highest BCUT2D eigenvalue weighted by atomic mass is 127. The topological polar surface area (TPSA) is 66.8 Å². The lowest BCUT2D eigenvalue weighted by molar-refractivity contribution is 0.221. The minimum atomic E-state index is 0. The van der Waals surface area contributed by atoms with Gasteiger partial charge in [0.25, 0.3) is 0 Å². The molecule has 0 bridgehead atoms. The highest BCUT2D eigenvalue weighted by molar-refractivity contribution is 14.0. The minimum Gasteiger partial charge on any atom is -0.468 e. The molecule has 3 N–H and O–H groups in total. The predicted octanol–water partition coefficient (Wildman–Crippen LogP) is 4.02. The summed E-state index contributed by atoms with van der Waals surface area (Å²) in [5.41, 5.74) is 8.34. The number of hydrogen-bond acceptors (Lipinski definition) is 3. The van der Waals surface area contributed by atoms with E-state index in [0.29, 0.717) is 12.5 Å². The summed E-state index contributed by atoms with van der Waals surface area (Å²) in [5.74, 6) is 1.40. The fourth-order valence-electron chi connectivity index (χ4n) is 3.12. The molecule has 3 rings (SSSR count). The average Bonchev–Trinajstić information content (AvgIpc) is 3.30. The van der Waals surface area contributed by atoms with Gasteiger partial charge in [-0.1, -0.05) is 19.1 Å². The SMILES string of the molecule is CCc1ccc(NC(N)=NCC(c2ccco2)N2CCCC2)cc1.I. The van der Waals surface area contributed by atoms with Crippen LogP contribution in [-0.4, -0.2) is 30.5 Å². The van der Waals surface area contributed by atoms with Crippen molar-refractivity contribution in [2.45, 2.75) is 32.2 Å². The van der Waals surface area contributed by atoms with E-state index in [9.17, 15) is 0 Å². The van der Waals surface area contributed by atoms with Crippen LogP contribution in [0.4, 0.5) is 5.69 Å². The summed E-state index contributed by atoms with van der Waals surface area (Å²) in [6.45, 7) is 4.92. The van der Waals surface area contributed by atoms with Gasteiger partial charge in [-0.15, -0.1) is 24.0 Å². The first-order valence-corrected chi connectivity index (χ1v) is 8.69. The molecule has 1 saturated heterocycles. The molecule has 1 aromatic carbocycles. The van der Waals surface area contributed by atoms with Crippen molar-refractivity contribution in [2.75, 3.05) is 25.0 Å². The highest BCUT2D eigenvalue weighted by Gasteiger charge is 2.25. The number of anilines is 1. The quantitative estimate of drug-likeness (QED) is 0.393. The Labute approximate surface area is 166 Å². The number of nitrogens with one attached hydrogen (secondary N) is 1. The maximum atomic E-state index is 6.07. The number of furan rings is 1. The second-order valence-electron chi connectivity index (χ2n) is 6.18. The first-order valence-electron chi connectivity index (χ1n) is 8.69. The van der Waals surface area contributed by atoms with Crippen molar-refractivity contribution in [1.29, 1.82) is 0 Å². The first-order chi connectivity index (χ1) is 11.8. The lowest BCUT2D eigenvalue weighted by Gasteiger charge is -2.24. The Hall–Kier alpha value is -1.54. The van der Waals surface area contributed by atoms with Crippen LogP contribution in [0.3, 0.4) is 0 Å². The monoisotopic (exact) mass is 454 g/mol. The highest BCUT2D eigenvalue weighted by Crippen LogP contribution is 2.25. The number of guanidine groups is 1. The van der Waals surface area contributed by atoms with Crippen molar-refractivity contribution in [3.05, 3.63) is 54.0 Å². The van der Waals surface area contributed by atoms with E-state index in [0.717, 1.165) is 31.0 Å². The molecular formula is C19H27IN4O. The Balaban J connectivity index is 0.00000225. The van der Waals surface area contributed by atoms with E-state index in [4.69, 9.17) is 10.2 Å². The van der Waals surface area contributed by atoms with Gasteiger partial charge in [0.15, 0.2) is 5.96 Å². The van der Waals surface area contributed by atoms with Gasteiger partial charge in [0, 0.05) is 5.69 Å². The molecule has 1 fully saturated rings. The normalized spacial score (nSPS) is 16.4. The van der Waals surface area contributed by atoms with Crippen LogP contribution in [0.2, 0.25) is 0 Å². The zero-order valence-corrected chi connectivity index (χ0v) is 17.0. The third-order valence-electron chi connectivity index (χ3n) is 4.52. The summed E-state index contributed by atoms with van der Waals surface area (Å²) in [6, 6.07) is 12.4. The van der Waals surface area contributed by atoms with Gasteiger partial charge >= 0.3 is 0 Å². The Bertz CT molecular complexity index is 649. The molecule has 1 aromatic heterocycles. The second kappa shape index (κ2) is 9.82. The van der Waals surface area contributed by atoms with Crippen molar-refractivity contribution >= 4 is 35.6 Å². The van der Waals surface area contributed by atoms with Gasteiger partial charge in [0.1, 0.15) is 5.76 Å². The molecule has 0 saturated carbocycles. The maximum Gasteiger partial charge on any atom is 0.193 e. The van der Waals surface area contributed by atoms with Crippen molar-refractivity contribution < 1.29 is 4.42 Å². The Morgan fingerprint density at radius 1 is 1.24 bits per heavy atom. The molecular weight excluding hydrogens is 427 g/mol. The molecule has 1 atom stereocenters. The molecule has 0 aliphatic carbocycles. The predicted molar refractivity (Wildman–Crippen MR) is 114 cm³/mol. The molecule has 0 spiro atoms. The van der Waals surface area contributed by atoms with Crippen LogP contribution in [0.15, 0.2) is 52.1 Å². The van der Waals surface area contributed by atoms with Gasteiger partial charge in [0.2, 0.25) is 0 Å². The lowest BCUT2D eigenvalue weighted by atomic mass is 10.1. The second-order valence-corrected chi connectivity index (χ2v) is 6.18. The Morgan fingerprint density at radius 2 is 1.96 bits per heavy atom. The van der Waals surface area contributed by atoms with E-state index in [1.54, 1.807) is 6.26 Å². The average molecular weight is 454 g/mol. The summed E-state index contributed by atoms with van der Waals surface area (Å²) in [6.07, 6.45) is 5.22. The van der Waals surface area contributed by atoms with E-state index in [-0.39, 0.29) is 30.0 Å². The van der Waals surface area contributed by atoms with Gasteiger partial charge in [-0.2, -0.15) is 0 Å². The van der Waals surface area contributed by atoms with E-state index < -0.39 is 0 Å². The molecule has 0 amide bonds. The number of halogens is 1. The number of hydrogen-bond donors (Lipinski definition) is 2. The molecule has 2 aromatic rings. The number of aryl methyl sites for hydroxylation is 1. The number of nitrogens with zero attached hydrogens (tertiary/aromatic N) is 2. The molecule has 0 radical (unpaired) electrons. The van der Waals surface area contributed by atoms with E-state index >= 15 is 0 Å². The van der Waals surface area contributed by atoms with E-state index in [2.05, 4.69) is 34.3 Å². The molecule has 2 heterocycles. The van der Waals surface area contributed by atoms with Crippen LogP contribution in [0, 0.1) is 0 Å².